The molecule has 0 aliphatic carbocycles. The number of aromatic nitrogens is 2. The molecule has 5 nitrogen and oxygen atoms in total. The van der Waals surface area contributed by atoms with Crippen molar-refractivity contribution in [3.05, 3.63) is 11.4 Å². The molecule has 0 spiro atoms. The fourth-order valence-electron chi connectivity index (χ4n) is 2.23. The molecule has 2 aromatic rings. The summed E-state index contributed by atoms with van der Waals surface area (Å²) in [4.78, 5) is 12.4. The number of fused-ring (bicyclic) bond motifs is 1. The highest BCUT2D eigenvalue weighted by Crippen LogP contribution is 2.29. The third kappa shape index (κ3) is 3.82. The monoisotopic (exact) mass is 303 g/mol. The first kappa shape index (κ1) is 15.5. The number of nitriles is 1. The summed E-state index contributed by atoms with van der Waals surface area (Å²) in [5.41, 5.74) is 0. The minimum atomic E-state index is 0.499. The highest BCUT2D eigenvalue weighted by atomic mass is 32.1. The first-order chi connectivity index (χ1) is 10.2. The second kappa shape index (κ2) is 7.23. The van der Waals surface area contributed by atoms with Crippen LogP contribution in [0.4, 0.5) is 11.8 Å². The molecule has 2 rings (SSSR count). The molecule has 0 saturated heterocycles. The third-order valence-corrected chi connectivity index (χ3v) is 3.83. The van der Waals surface area contributed by atoms with E-state index in [1.54, 1.807) is 11.3 Å². The molecule has 0 aliphatic heterocycles. The van der Waals surface area contributed by atoms with Crippen LogP contribution in [-0.2, 0) is 0 Å². The van der Waals surface area contributed by atoms with Gasteiger partial charge < -0.3 is 10.2 Å². The number of nitrogens with zero attached hydrogens (tertiary/aromatic N) is 4. The van der Waals surface area contributed by atoms with Crippen LogP contribution >= 0.6 is 11.3 Å². The van der Waals surface area contributed by atoms with Crippen LogP contribution in [0.25, 0.3) is 10.2 Å². The lowest BCUT2D eigenvalue weighted by molar-refractivity contribution is 0.609. The Labute approximate surface area is 129 Å². The Morgan fingerprint density at radius 1 is 1.43 bits per heavy atom. The predicted octanol–water partition coefficient (Wildman–Crippen LogP) is 3.50. The van der Waals surface area contributed by atoms with Gasteiger partial charge in [-0.3, -0.25) is 0 Å². The smallest absolute Gasteiger partial charge is 0.226 e. The van der Waals surface area contributed by atoms with Gasteiger partial charge >= 0.3 is 0 Å². The first-order valence-electron chi connectivity index (χ1n) is 7.26. The van der Waals surface area contributed by atoms with Crippen LogP contribution < -0.4 is 10.2 Å². The second-order valence-corrected chi connectivity index (χ2v) is 6.18. The lowest BCUT2D eigenvalue weighted by Crippen LogP contribution is -2.29. The van der Waals surface area contributed by atoms with Crippen molar-refractivity contribution in [2.24, 2.45) is 5.92 Å². The zero-order valence-corrected chi connectivity index (χ0v) is 13.6. The highest BCUT2D eigenvalue weighted by molar-refractivity contribution is 7.16. The van der Waals surface area contributed by atoms with Gasteiger partial charge in [-0.15, -0.1) is 11.3 Å². The molecule has 21 heavy (non-hydrogen) atoms. The fourth-order valence-corrected chi connectivity index (χ4v) is 2.99. The van der Waals surface area contributed by atoms with Crippen molar-refractivity contribution in [3.8, 4) is 6.07 Å². The van der Waals surface area contributed by atoms with Crippen LogP contribution in [0.5, 0.6) is 0 Å². The summed E-state index contributed by atoms with van der Waals surface area (Å²) in [5, 5.41) is 15.2. The van der Waals surface area contributed by atoms with E-state index in [4.69, 9.17) is 5.26 Å². The normalized spacial score (nSPS) is 10.8. The Hall–Kier alpha value is -1.87. The number of nitrogens with one attached hydrogen (secondary N) is 1. The average molecular weight is 303 g/mol. The first-order valence-corrected chi connectivity index (χ1v) is 8.14. The standard InChI is InChI=1S/C15H21N5S/c1-4-17-15-18-13(12-6-9-21-14(12)19-15)20(8-5-7-16)10-11(2)3/h6,9,11H,4-5,8,10H2,1-3H3,(H,17,18,19). The Bertz CT molecular complexity index is 629. The highest BCUT2D eigenvalue weighted by Gasteiger charge is 2.16. The third-order valence-electron chi connectivity index (χ3n) is 3.02. The molecule has 0 atom stereocenters. The van der Waals surface area contributed by atoms with E-state index in [0.29, 0.717) is 24.8 Å². The van der Waals surface area contributed by atoms with Gasteiger partial charge in [0.1, 0.15) is 10.6 Å². The van der Waals surface area contributed by atoms with Gasteiger partial charge in [0, 0.05) is 19.6 Å². The van der Waals surface area contributed by atoms with Crippen molar-refractivity contribution < 1.29 is 0 Å². The number of hydrogen-bond acceptors (Lipinski definition) is 6. The van der Waals surface area contributed by atoms with E-state index in [0.717, 1.165) is 29.1 Å². The molecular formula is C15H21N5S. The van der Waals surface area contributed by atoms with E-state index in [1.165, 1.54) is 0 Å². The van der Waals surface area contributed by atoms with Crippen molar-refractivity contribution in [2.75, 3.05) is 29.9 Å². The quantitative estimate of drug-likeness (QED) is 0.848. The van der Waals surface area contributed by atoms with Gasteiger partial charge in [0.05, 0.1) is 17.9 Å². The summed E-state index contributed by atoms with van der Waals surface area (Å²) in [6.45, 7) is 8.76. The fraction of sp³-hybridized carbons (Fsp3) is 0.533. The Morgan fingerprint density at radius 3 is 2.90 bits per heavy atom. The number of thiophene rings is 1. The molecule has 0 aromatic carbocycles. The second-order valence-electron chi connectivity index (χ2n) is 5.29. The van der Waals surface area contributed by atoms with Crippen LogP contribution in [-0.4, -0.2) is 29.6 Å². The summed E-state index contributed by atoms with van der Waals surface area (Å²) in [6, 6.07) is 4.29. The van der Waals surface area contributed by atoms with Crippen molar-refractivity contribution in [1.29, 1.82) is 5.26 Å². The van der Waals surface area contributed by atoms with Gasteiger partial charge in [0.25, 0.3) is 0 Å². The predicted molar refractivity (Wildman–Crippen MR) is 88.9 cm³/mol. The van der Waals surface area contributed by atoms with E-state index in [-0.39, 0.29) is 0 Å². The zero-order valence-electron chi connectivity index (χ0n) is 12.8. The topological polar surface area (TPSA) is 64.8 Å². The van der Waals surface area contributed by atoms with Crippen molar-refractivity contribution >= 4 is 33.3 Å². The van der Waals surface area contributed by atoms with Gasteiger partial charge in [-0.05, 0) is 24.3 Å². The van der Waals surface area contributed by atoms with E-state index in [1.807, 2.05) is 12.3 Å². The van der Waals surface area contributed by atoms with Crippen LogP contribution in [0, 0.1) is 17.2 Å². The maximum absolute atomic E-state index is 8.89. The zero-order chi connectivity index (χ0) is 15.2. The van der Waals surface area contributed by atoms with Crippen LogP contribution in [0.15, 0.2) is 11.4 Å². The van der Waals surface area contributed by atoms with Gasteiger partial charge in [-0.2, -0.15) is 10.2 Å². The molecule has 2 heterocycles. The maximum atomic E-state index is 8.89. The maximum Gasteiger partial charge on any atom is 0.226 e. The minimum Gasteiger partial charge on any atom is -0.355 e. The molecule has 0 aliphatic rings. The molecule has 2 aromatic heterocycles. The van der Waals surface area contributed by atoms with Crippen LogP contribution in [0.1, 0.15) is 27.2 Å². The lowest BCUT2D eigenvalue weighted by atomic mass is 10.2. The number of hydrogen-bond donors (Lipinski definition) is 1. The lowest BCUT2D eigenvalue weighted by Gasteiger charge is -2.25. The molecule has 112 valence electrons. The Morgan fingerprint density at radius 2 is 2.24 bits per heavy atom. The Balaban J connectivity index is 2.43. The number of anilines is 2. The summed E-state index contributed by atoms with van der Waals surface area (Å²) in [5.74, 6) is 2.10. The molecule has 0 amide bonds. The minimum absolute atomic E-state index is 0.499. The molecule has 0 radical (unpaired) electrons. The molecular weight excluding hydrogens is 282 g/mol. The molecule has 0 saturated carbocycles. The van der Waals surface area contributed by atoms with Crippen LogP contribution in [0.2, 0.25) is 0 Å². The van der Waals surface area contributed by atoms with Crippen LogP contribution in [0.3, 0.4) is 0 Å². The summed E-state index contributed by atoms with van der Waals surface area (Å²) in [6.07, 6.45) is 0.499. The summed E-state index contributed by atoms with van der Waals surface area (Å²) >= 11 is 1.62. The van der Waals surface area contributed by atoms with Crippen molar-refractivity contribution in [1.82, 2.24) is 9.97 Å². The molecule has 6 heteroatoms. The van der Waals surface area contributed by atoms with Gasteiger partial charge in [-0.1, -0.05) is 13.8 Å². The van der Waals surface area contributed by atoms with E-state index < -0.39 is 0 Å². The van der Waals surface area contributed by atoms with E-state index in [2.05, 4.69) is 46.2 Å². The van der Waals surface area contributed by atoms with Crippen molar-refractivity contribution in [3.63, 3.8) is 0 Å². The van der Waals surface area contributed by atoms with Gasteiger partial charge in [-0.25, -0.2) is 4.98 Å². The summed E-state index contributed by atoms with van der Waals surface area (Å²) < 4.78 is 0. The van der Waals surface area contributed by atoms with Crippen molar-refractivity contribution in [2.45, 2.75) is 27.2 Å². The Kier molecular flexibility index (Phi) is 5.34. The van der Waals surface area contributed by atoms with Gasteiger partial charge in [0.2, 0.25) is 5.95 Å². The number of rotatable bonds is 7. The molecule has 1 N–H and O–H groups in total. The SMILES string of the molecule is CCNc1nc(N(CCC#N)CC(C)C)c2ccsc2n1. The van der Waals surface area contributed by atoms with E-state index >= 15 is 0 Å². The molecule has 0 fully saturated rings. The average Bonchev–Trinajstić information content (AvgIpc) is 2.91. The summed E-state index contributed by atoms with van der Waals surface area (Å²) in [7, 11) is 0. The molecule has 0 bridgehead atoms. The largest absolute Gasteiger partial charge is 0.355 e. The molecule has 0 unspecified atom stereocenters. The van der Waals surface area contributed by atoms with E-state index in [9.17, 15) is 0 Å². The van der Waals surface area contributed by atoms with Gasteiger partial charge in [0.15, 0.2) is 0 Å².